The van der Waals surface area contributed by atoms with Gasteiger partial charge in [-0.3, -0.25) is 4.79 Å². The first-order chi connectivity index (χ1) is 8.93. The molecule has 4 heteroatoms. The van der Waals surface area contributed by atoms with Gasteiger partial charge in [-0.1, -0.05) is 12.1 Å². The number of alkyl halides is 1. The molecular weight excluding hydrogens is 265 g/mol. The highest BCUT2D eigenvalue weighted by Crippen LogP contribution is 2.24. The Labute approximate surface area is 116 Å². The number of ketones is 1. The molecule has 1 aromatic heterocycles. The number of para-hydroxylation sites is 1. The number of halogens is 2. The minimum absolute atomic E-state index is 0.141. The summed E-state index contributed by atoms with van der Waals surface area (Å²) in [7, 11) is 0. The van der Waals surface area contributed by atoms with Crippen LogP contribution in [0.5, 0.6) is 0 Å². The van der Waals surface area contributed by atoms with E-state index in [1.807, 2.05) is 6.92 Å². The van der Waals surface area contributed by atoms with Crippen molar-refractivity contribution < 1.29 is 9.18 Å². The summed E-state index contributed by atoms with van der Waals surface area (Å²) in [6.45, 7) is 5.28. The van der Waals surface area contributed by atoms with Crippen molar-refractivity contribution in [2.45, 2.75) is 26.1 Å². The van der Waals surface area contributed by atoms with Gasteiger partial charge in [0.2, 0.25) is 0 Å². The van der Waals surface area contributed by atoms with Crippen LogP contribution >= 0.6 is 11.6 Å². The molecule has 1 atom stereocenters. The van der Waals surface area contributed by atoms with E-state index in [0.29, 0.717) is 16.9 Å². The SMILES string of the molecule is Cc1cc(C(=O)C(C)Cl)c(C)n1-c1ccccc1F. The van der Waals surface area contributed by atoms with Crippen molar-refractivity contribution in [1.82, 2.24) is 4.57 Å². The van der Waals surface area contributed by atoms with Gasteiger partial charge >= 0.3 is 0 Å². The molecule has 19 heavy (non-hydrogen) atoms. The average molecular weight is 280 g/mol. The topological polar surface area (TPSA) is 22.0 Å². The molecule has 2 nitrogen and oxygen atoms in total. The Bertz CT molecular complexity index is 631. The van der Waals surface area contributed by atoms with Gasteiger partial charge in [0.15, 0.2) is 5.78 Å². The summed E-state index contributed by atoms with van der Waals surface area (Å²) >= 11 is 5.84. The Hall–Kier alpha value is -1.61. The molecule has 1 unspecified atom stereocenters. The second-order valence-electron chi connectivity index (χ2n) is 4.55. The van der Waals surface area contributed by atoms with Crippen LogP contribution in [0.1, 0.15) is 28.7 Å². The number of benzene rings is 1. The van der Waals surface area contributed by atoms with E-state index in [-0.39, 0.29) is 11.6 Å². The average Bonchev–Trinajstić information content (AvgIpc) is 2.65. The fourth-order valence-corrected chi connectivity index (χ4v) is 2.35. The normalized spacial score (nSPS) is 12.5. The molecule has 0 aliphatic heterocycles. The first-order valence-corrected chi connectivity index (χ1v) is 6.49. The maximum Gasteiger partial charge on any atom is 0.182 e. The molecule has 2 aromatic rings. The van der Waals surface area contributed by atoms with Crippen LogP contribution < -0.4 is 0 Å². The number of carbonyl (C=O) groups excluding carboxylic acids is 1. The lowest BCUT2D eigenvalue weighted by atomic mass is 10.1. The zero-order valence-corrected chi connectivity index (χ0v) is 11.8. The van der Waals surface area contributed by atoms with Gasteiger partial charge in [0, 0.05) is 17.0 Å². The fraction of sp³-hybridized carbons (Fsp3) is 0.267. The molecule has 0 N–H and O–H groups in total. The number of hydrogen-bond donors (Lipinski definition) is 0. The summed E-state index contributed by atoms with van der Waals surface area (Å²) in [6.07, 6.45) is 0. The second-order valence-corrected chi connectivity index (χ2v) is 5.21. The summed E-state index contributed by atoms with van der Waals surface area (Å²) in [6, 6.07) is 8.25. The lowest BCUT2D eigenvalue weighted by Gasteiger charge is -2.11. The zero-order valence-electron chi connectivity index (χ0n) is 11.1. The first-order valence-electron chi connectivity index (χ1n) is 6.05. The van der Waals surface area contributed by atoms with Crippen LogP contribution in [0, 0.1) is 19.7 Å². The molecule has 1 heterocycles. The van der Waals surface area contributed by atoms with Crippen LogP contribution in [0.15, 0.2) is 30.3 Å². The molecule has 0 fully saturated rings. The first kappa shape index (κ1) is 13.8. The van der Waals surface area contributed by atoms with Gasteiger partial charge in [-0.05, 0) is 39.0 Å². The second kappa shape index (κ2) is 5.17. The number of aromatic nitrogens is 1. The highest BCUT2D eigenvalue weighted by molar-refractivity contribution is 6.33. The van der Waals surface area contributed by atoms with Crippen molar-refractivity contribution in [2.75, 3.05) is 0 Å². The third-order valence-electron chi connectivity index (χ3n) is 3.15. The van der Waals surface area contributed by atoms with E-state index >= 15 is 0 Å². The number of carbonyl (C=O) groups is 1. The van der Waals surface area contributed by atoms with Gasteiger partial charge < -0.3 is 4.57 Å². The summed E-state index contributed by atoms with van der Waals surface area (Å²) in [5, 5.41) is -0.588. The van der Waals surface area contributed by atoms with Crippen LogP contribution in [0.4, 0.5) is 4.39 Å². The Morgan fingerprint density at radius 3 is 2.53 bits per heavy atom. The number of Topliss-reactive ketones (excluding diaryl/α,β-unsaturated/α-hetero) is 1. The molecule has 100 valence electrons. The van der Waals surface area contributed by atoms with E-state index in [1.165, 1.54) is 6.07 Å². The van der Waals surface area contributed by atoms with E-state index in [4.69, 9.17) is 11.6 Å². The molecule has 0 radical (unpaired) electrons. The Morgan fingerprint density at radius 2 is 1.95 bits per heavy atom. The van der Waals surface area contributed by atoms with Crippen molar-refractivity contribution in [3.8, 4) is 5.69 Å². The fourth-order valence-electron chi connectivity index (χ4n) is 2.23. The third-order valence-corrected chi connectivity index (χ3v) is 3.35. The van der Waals surface area contributed by atoms with Crippen molar-refractivity contribution in [3.63, 3.8) is 0 Å². The highest BCUT2D eigenvalue weighted by atomic mass is 35.5. The van der Waals surface area contributed by atoms with Crippen LogP contribution in [-0.4, -0.2) is 15.7 Å². The largest absolute Gasteiger partial charge is 0.315 e. The van der Waals surface area contributed by atoms with Gasteiger partial charge in [0.05, 0.1) is 11.1 Å². The highest BCUT2D eigenvalue weighted by Gasteiger charge is 2.20. The lowest BCUT2D eigenvalue weighted by molar-refractivity contribution is 0.0991. The van der Waals surface area contributed by atoms with Crippen molar-refractivity contribution in [3.05, 3.63) is 53.1 Å². The van der Waals surface area contributed by atoms with E-state index in [0.717, 1.165) is 5.69 Å². The molecule has 0 saturated heterocycles. The number of aryl methyl sites for hydroxylation is 1. The van der Waals surface area contributed by atoms with Crippen LogP contribution in [0.25, 0.3) is 5.69 Å². The smallest absolute Gasteiger partial charge is 0.182 e. The summed E-state index contributed by atoms with van der Waals surface area (Å²) in [5.74, 6) is -0.459. The number of hydrogen-bond acceptors (Lipinski definition) is 1. The molecule has 0 saturated carbocycles. The van der Waals surface area contributed by atoms with Gasteiger partial charge in [-0.15, -0.1) is 11.6 Å². The van der Waals surface area contributed by atoms with Gasteiger partial charge in [0.1, 0.15) is 5.82 Å². The van der Waals surface area contributed by atoms with Crippen LogP contribution in [-0.2, 0) is 0 Å². The van der Waals surface area contributed by atoms with E-state index in [9.17, 15) is 9.18 Å². The predicted octanol–water partition coefficient (Wildman–Crippen LogP) is 4.04. The predicted molar refractivity (Wildman–Crippen MR) is 74.8 cm³/mol. The van der Waals surface area contributed by atoms with Gasteiger partial charge in [0.25, 0.3) is 0 Å². The standard InChI is InChI=1S/C15H15ClFNO/c1-9-8-12(15(19)10(2)16)11(3)18(9)14-7-5-4-6-13(14)17/h4-8,10H,1-3H3. The van der Waals surface area contributed by atoms with E-state index < -0.39 is 5.38 Å². The maximum absolute atomic E-state index is 13.9. The molecule has 0 bridgehead atoms. The quantitative estimate of drug-likeness (QED) is 0.614. The Morgan fingerprint density at radius 1 is 1.32 bits per heavy atom. The van der Waals surface area contributed by atoms with Crippen LogP contribution in [0.2, 0.25) is 0 Å². The summed E-state index contributed by atoms with van der Waals surface area (Å²) in [4.78, 5) is 12.0. The minimum Gasteiger partial charge on any atom is -0.315 e. The van der Waals surface area contributed by atoms with Crippen molar-refractivity contribution >= 4 is 17.4 Å². The van der Waals surface area contributed by atoms with Crippen LogP contribution in [0.3, 0.4) is 0 Å². The molecular formula is C15H15ClFNO. The molecule has 2 rings (SSSR count). The zero-order chi connectivity index (χ0) is 14.2. The number of rotatable bonds is 3. The molecule has 1 aromatic carbocycles. The van der Waals surface area contributed by atoms with E-state index in [2.05, 4.69) is 0 Å². The maximum atomic E-state index is 13.9. The van der Waals surface area contributed by atoms with Crippen molar-refractivity contribution in [1.29, 1.82) is 0 Å². The Balaban J connectivity index is 2.61. The molecule has 0 amide bonds. The van der Waals surface area contributed by atoms with Gasteiger partial charge in [-0.25, -0.2) is 4.39 Å². The van der Waals surface area contributed by atoms with E-state index in [1.54, 1.807) is 42.7 Å². The molecule has 0 aliphatic rings. The van der Waals surface area contributed by atoms with Gasteiger partial charge in [-0.2, -0.15) is 0 Å². The monoisotopic (exact) mass is 279 g/mol. The number of nitrogens with zero attached hydrogens (tertiary/aromatic N) is 1. The molecule has 0 aliphatic carbocycles. The third kappa shape index (κ3) is 2.43. The Kier molecular flexibility index (Phi) is 3.76. The molecule has 0 spiro atoms. The minimum atomic E-state index is -0.588. The summed E-state index contributed by atoms with van der Waals surface area (Å²) in [5.41, 5.74) is 2.50. The summed E-state index contributed by atoms with van der Waals surface area (Å²) < 4.78 is 15.6. The lowest BCUT2D eigenvalue weighted by Crippen LogP contribution is -2.12. The van der Waals surface area contributed by atoms with Crippen molar-refractivity contribution in [2.24, 2.45) is 0 Å².